The van der Waals surface area contributed by atoms with E-state index in [4.69, 9.17) is 0 Å². The van der Waals surface area contributed by atoms with Gasteiger partial charge < -0.3 is 0 Å². The summed E-state index contributed by atoms with van der Waals surface area (Å²) in [6.45, 7) is 0. The largest absolute Gasteiger partial charge is 0.213 e. The maximum Gasteiger partial charge on any atom is 0.213 e. The first kappa shape index (κ1) is 13.1. The van der Waals surface area contributed by atoms with Gasteiger partial charge in [0.25, 0.3) is 0 Å². The second-order valence-corrected chi connectivity index (χ2v) is 6.83. The van der Waals surface area contributed by atoms with Crippen LogP contribution in [0.2, 0.25) is 0 Å². The van der Waals surface area contributed by atoms with Crippen LogP contribution in [-0.2, 0) is 16.4 Å². The highest BCUT2D eigenvalue weighted by Crippen LogP contribution is 2.16. The predicted octanol–water partition coefficient (Wildman–Crippen LogP) is 2.27. The van der Waals surface area contributed by atoms with Gasteiger partial charge in [0.15, 0.2) is 0 Å². The molecule has 4 heteroatoms. The third kappa shape index (κ3) is 2.89. The molecule has 0 fully saturated rings. The second-order valence-electron chi connectivity index (χ2n) is 4.53. The van der Waals surface area contributed by atoms with E-state index in [0.717, 1.165) is 10.9 Å². The van der Waals surface area contributed by atoms with Crippen molar-refractivity contribution in [2.45, 2.75) is 6.42 Å². The summed E-state index contributed by atoms with van der Waals surface area (Å²) < 4.78 is 24.7. The first-order valence-corrected chi connectivity index (χ1v) is 7.48. The lowest BCUT2D eigenvalue weighted by Crippen LogP contribution is -2.25. The third-order valence-corrected chi connectivity index (χ3v) is 4.85. The van der Waals surface area contributed by atoms with E-state index in [-0.39, 0.29) is 5.75 Å². The van der Waals surface area contributed by atoms with Gasteiger partial charge in [-0.1, -0.05) is 42.5 Å². The highest BCUT2D eigenvalue weighted by atomic mass is 32.2. The number of rotatable bonds is 4. The molecule has 0 spiro atoms. The Bertz CT molecular complexity index is 648. The van der Waals surface area contributed by atoms with Gasteiger partial charge in [-0.3, -0.25) is 0 Å². The lowest BCUT2D eigenvalue weighted by molar-refractivity contribution is 0.520. The molecule has 2 rings (SSSR count). The molecule has 0 radical (unpaired) electrons. The Balaban J connectivity index is 2.18. The van der Waals surface area contributed by atoms with E-state index in [1.165, 1.54) is 9.69 Å². The number of sulfonamides is 1. The first-order valence-electron chi connectivity index (χ1n) is 5.87. The molecule has 0 aliphatic heterocycles. The molecule has 3 nitrogen and oxygen atoms in total. The molecule has 0 bridgehead atoms. The second kappa shape index (κ2) is 5.08. The van der Waals surface area contributed by atoms with E-state index in [2.05, 4.69) is 12.1 Å². The summed E-state index contributed by atoms with van der Waals surface area (Å²) in [4.78, 5) is 0. The van der Waals surface area contributed by atoms with Crippen LogP contribution in [0, 0.1) is 0 Å². The number of fused-ring (bicyclic) bond motifs is 1. The van der Waals surface area contributed by atoms with Crippen molar-refractivity contribution in [3.63, 3.8) is 0 Å². The van der Waals surface area contributed by atoms with Gasteiger partial charge in [0.1, 0.15) is 0 Å². The average molecular weight is 263 g/mol. The fourth-order valence-corrected chi connectivity index (χ4v) is 2.68. The number of hydrogen-bond donors (Lipinski definition) is 0. The summed E-state index contributed by atoms with van der Waals surface area (Å²) in [6, 6.07) is 14.2. The summed E-state index contributed by atoms with van der Waals surface area (Å²) in [7, 11) is 0.0141. The van der Waals surface area contributed by atoms with Crippen LogP contribution in [0.5, 0.6) is 0 Å². The molecule has 0 N–H and O–H groups in total. The van der Waals surface area contributed by atoms with Crippen LogP contribution in [0.1, 0.15) is 5.56 Å². The molecule has 18 heavy (non-hydrogen) atoms. The topological polar surface area (TPSA) is 37.4 Å². The van der Waals surface area contributed by atoms with E-state index < -0.39 is 10.0 Å². The number of aryl methyl sites for hydroxylation is 1. The highest BCUT2D eigenvalue weighted by Gasteiger charge is 2.13. The fourth-order valence-electron chi connectivity index (χ4n) is 1.82. The van der Waals surface area contributed by atoms with Gasteiger partial charge in [-0.25, -0.2) is 12.7 Å². The van der Waals surface area contributed by atoms with Gasteiger partial charge >= 0.3 is 0 Å². The smallest absolute Gasteiger partial charge is 0.212 e. The maximum absolute atomic E-state index is 11.7. The summed E-state index contributed by atoms with van der Waals surface area (Å²) in [5, 5.41) is 2.33. The first-order chi connectivity index (χ1) is 8.49. The maximum atomic E-state index is 11.7. The molecule has 0 aromatic heterocycles. The van der Waals surface area contributed by atoms with Gasteiger partial charge in [0, 0.05) is 14.1 Å². The summed E-state index contributed by atoms with van der Waals surface area (Å²) in [5.41, 5.74) is 1.05. The van der Waals surface area contributed by atoms with Crippen LogP contribution < -0.4 is 0 Å². The number of nitrogens with zero attached hydrogens (tertiary/aromatic N) is 1. The van der Waals surface area contributed by atoms with Crippen LogP contribution in [0.3, 0.4) is 0 Å². The Morgan fingerprint density at radius 1 is 1.00 bits per heavy atom. The van der Waals surface area contributed by atoms with Gasteiger partial charge in [0.2, 0.25) is 10.0 Å². The molecular weight excluding hydrogens is 246 g/mol. The van der Waals surface area contributed by atoms with Gasteiger partial charge in [0.05, 0.1) is 5.75 Å². The van der Waals surface area contributed by atoms with Gasteiger partial charge in [-0.05, 0) is 22.8 Å². The highest BCUT2D eigenvalue weighted by molar-refractivity contribution is 7.89. The van der Waals surface area contributed by atoms with Crippen molar-refractivity contribution in [3.05, 3.63) is 48.0 Å². The Morgan fingerprint density at radius 2 is 1.67 bits per heavy atom. The van der Waals surface area contributed by atoms with Crippen molar-refractivity contribution in [2.24, 2.45) is 0 Å². The fraction of sp³-hybridized carbons (Fsp3) is 0.286. The Labute approximate surface area is 108 Å². The zero-order valence-corrected chi connectivity index (χ0v) is 11.4. The SMILES string of the molecule is CN(C)S(=O)(=O)CCc1ccc2ccccc2c1. The Hall–Kier alpha value is -1.39. The lowest BCUT2D eigenvalue weighted by atomic mass is 10.1. The molecule has 0 atom stereocenters. The third-order valence-electron chi connectivity index (χ3n) is 3.02. The number of hydrogen-bond acceptors (Lipinski definition) is 2. The van der Waals surface area contributed by atoms with Crippen LogP contribution in [0.4, 0.5) is 0 Å². The standard InChI is InChI=1S/C14H17NO2S/c1-15(2)18(16,17)10-9-12-7-8-13-5-3-4-6-14(13)11-12/h3-8,11H,9-10H2,1-2H3. The van der Waals surface area contributed by atoms with Crippen LogP contribution in [-0.4, -0.2) is 32.6 Å². The molecule has 0 aliphatic carbocycles. The van der Waals surface area contributed by atoms with Crippen LogP contribution in [0.15, 0.2) is 42.5 Å². The molecule has 2 aromatic rings. The van der Waals surface area contributed by atoms with Crippen molar-refractivity contribution in [1.29, 1.82) is 0 Å². The quantitative estimate of drug-likeness (QED) is 0.848. The lowest BCUT2D eigenvalue weighted by Gasteiger charge is -2.11. The summed E-state index contributed by atoms with van der Waals surface area (Å²) in [6.07, 6.45) is 0.547. The van der Waals surface area contributed by atoms with E-state index in [9.17, 15) is 8.42 Å². The molecule has 0 saturated heterocycles. The zero-order chi connectivity index (χ0) is 13.2. The number of benzene rings is 2. The van der Waals surface area contributed by atoms with Crippen LogP contribution in [0.25, 0.3) is 10.8 Å². The molecule has 2 aromatic carbocycles. The average Bonchev–Trinajstić information content (AvgIpc) is 2.36. The predicted molar refractivity (Wildman–Crippen MR) is 75.1 cm³/mol. The van der Waals surface area contributed by atoms with Crippen molar-refractivity contribution in [1.82, 2.24) is 4.31 Å². The minimum absolute atomic E-state index is 0.151. The summed E-state index contributed by atoms with van der Waals surface area (Å²) >= 11 is 0. The molecule has 96 valence electrons. The van der Waals surface area contributed by atoms with Crippen molar-refractivity contribution < 1.29 is 8.42 Å². The van der Waals surface area contributed by atoms with Crippen LogP contribution >= 0.6 is 0 Å². The molecule has 0 unspecified atom stereocenters. The molecule has 0 aliphatic rings. The Morgan fingerprint density at radius 3 is 2.33 bits per heavy atom. The summed E-state index contributed by atoms with van der Waals surface area (Å²) in [5.74, 6) is 0.151. The van der Waals surface area contributed by atoms with Gasteiger partial charge in [-0.15, -0.1) is 0 Å². The molecular formula is C14H17NO2S. The van der Waals surface area contributed by atoms with E-state index in [0.29, 0.717) is 6.42 Å². The minimum Gasteiger partial charge on any atom is -0.212 e. The minimum atomic E-state index is -3.12. The zero-order valence-electron chi connectivity index (χ0n) is 10.6. The Kier molecular flexibility index (Phi) is 3.68. The van der Waals surface area contributed by atoms with E-state index >= 15 is 0 Å². The van der Waals surface area contributed by atoms with Crippen molar-refractivity contribution in [3.8, 4) is 0 Å². The van der Waals surface area contributed by atoms with Crippen molar-refractivity contribution in [2.75, 3.05) is 19.8 Å². The van der Waals surface area contributed by atoms with Crippen molar-refractivity contribution >= 4 is 20.8 Å². The normalized spacial score (nSPS) is 12.2. The molecule has 0 amide bonds. The van der Waals surface area contributed by atoms with E-state index in [1.54, 1.807) is 14.1 Å². The monoisotopic (exact) mass is 263 g/mol. The molecule has 0 heterocycles. The van der Waals surface area contributed by atoms with Gasteiger partial charge in [-0.2, -0.15) is 0 Å². The van der Waals surface area contributed by atoms with E-state index in [1.807, 2.05) is 30.3 Å². The molecule has 0 saturated carbocycles.